The van der Waals surface area contributed by atoms with Crippen molar-refractivity contribution in [2.75, 3.05) is 26.6 Å². The molecule has 0 saturated heterocycles. The van der Waals surface area contributed by atoms with Gasteiger partial charge in [0.25, 0.3) is 0 Å². The van der Waals surface area contributed by atoms with Crippen molar-refractivity contribution in [2.45, 2.75) is 6.92 Å². The number of methoxy groups -OCH3 is 3. The van der Waals surface area contributed by atoms with Gasteiger partial charge in [0.05, 0.1) is 27.5 Å². The van der Waals surface area contributed by atoms with E-state index in [1.54, 1.807) is 39.7 Å². The average Bonchev–Trinajstić information content (AvgIpc) is 2.62. The number of anilines is 1. The standard InChI is InChI=1S/C18H21N3O3S/c1-12-5-7-14(8-6-12)20-18(25)21-19-11-13-9-15(22-2)17(24-4)16(10-13)23-3/h5-11H,1-4H3,(H2,20,21,25)/b19-11-. The molecule has 6 nitrogen and oxygen atoms in total. The molecule has 0 radical (unpaired) electrons. The lowest BCUT2D eigenvalue weighted by molar-refractivity contribution is 0.324. The summed E-state index contributed by atoms with van der Waals surface area (Å²) >= 11 is 5.22. The molecular formula is C18H21N3O3S. The molecule has 0 aliphatic carbocycles. The van der Waals surface area contributed by atoms with Crippen molar-refractivity contribution in [1.82, 2.24) is 5.43 Å². The van der Waals surface area contributed by atoms with Gasteiger partial charge < -0.3 is 19.5 Å². The summed E-state index contributed by atoms with van der Waals surface area (Å²) in [6.07, 6.45) is 1.62. The Bertz CT molecular complexity index is 736. The summed E-state index contributed by atoms with van der Waals surface area (Å²) in [4.78, 5) is 0. The number of hydrogen-bond donors (Lipinski definition) is 2. The highest BCUT2D eigenvalue weighted by Crippen LogP contribution is 2.37. The molecule has 0 aliphatic heterocycles. The first-order valence-corrected chi connectivity index (χ1v) is 7.95. The lowest BCUT2D eigenvalue weighted by Crippen LogP contribution is -2.23. The summed E-state index contributed by atoms with van der Waals surface area (Å²) in [5, 5.41) is 7.58. The molecule has 25 heavy (non-hydrogen) atoms. The third-order valence-corrected chi connectivity index (χ3v) is 3.57. The zero-order valence-electron chi connectivity index (χ0n) is 14.6. The summed E-state index contributed by atoms with van der Waals surface area (Å²) in [7, 11) is 4.69. The van der Waals surface area contributed by atoms with Gasteiger partial charge >= 0.3 is 0 Å². The summed E-state index contributed by atoms with van der Waals surface area (Å²) < 4.78 is 15.9. The van der Waals surface area contributed by atoms with Crippen LogP contribution in [0.1, 0.15) is 11.1 Å². The highest BCUT2D eigenvalue weighted by atomic mass is 32.1. The van der Waals surface area contributed by atoms with Crippen LogP contribution < -0.4 is 25.0 Å². The molecule has 0 fully saturated rings. The van der Waals surface area contributed by atoms with E-state index in [1.165, 1.54) is 5.56 Å². The molecule has 132 valence electrons. The van der Waals surface area contributed by atoms with Crippen molar-refractivity contribution in [3.63, 3.8) is 0 Å². The van der Waals surface area contributed by atoms with E-state index in [9.17, 15) is 0 Å². The van der Waals surface area contributed by atoms with Crippen molar-refractivity contribution in [3.05, 3.63) is 47.5 Å². The molecule has 2 rings (SSSR count). The van der Waals surface area contributed by atoms with Gasteiger partial charge in [0.15, 0.2) is 16.6 Å². The fraction of sp³-hybridized carbons (Fsp3) is 0.222. The molecule has 0 atom stereocenters. The van der Waals surface area contributed by atoms with Crippen molar-refractivity contribution in [1.29, 1.82) is 0 Å². The molecule has 0 spiro atoms. The zero-order valence-corrected chi connectivity index (χ0v) is 15.4. The first-order valence-electron chi connectivity index (χ1n) is 7.54. The Balaban J connectivity index is 2.03. The molecule has 2 aromatic carbocycles. The van der Waals surface area contributed by atoms with E-state index >= 15 is 0 Å². The highest BCUT2D eigenvalue weighted by molar-refractivity contribution is 7.80. The fourth-order valence-electron chi connectivity index (χ4n) is 2.14. The second-order valence-electron chi connectivity index (χ2n) is 5.15. The monoisotopic (exact) mass is 359 g/mol. The number of rotatable bonds is 6. The number of hydrogen-bond acceptors (Lipinski definition) is 5. The molecule has 0 aromatic heterocycles. The van der Waals surface area contributed by atoms with Crippen molar-refractivity contribution < 1.29 is 14.2 Å². The van der Waals surface area contributed by atoms with Gasteiger partial charge in [-0.2, -0.15) is 5.10 Å². The van der Waals surface area contributed by atoms with Gasteiger partial charge in [-0.15, -0.1) is 0 Å². The van der Waals surface area contributed by atoms with Crippen molar-refractivity contribution in [3.8, 4) is 17.2 Å². The van der Waals surface area contributed by atoms with Crippen LogP contribution >= 0.6 is 12.2 Å². The number of thiocarbonyl (C=S) groups is 1. The van der Waals surface area contributed by atoms with Gasteiger partial charge in [-0.1, -0.05) is 17.7 Å². The number of nitrogens with zero attached hydrogens (tertiary/aromatic N) is 1. The summed E-state index contributed by atoms with van der Waals surface area (Å²) in [5.74, 6) is 1.65. The number of ether oxygens (including phenoxy) is 3. The molecule has 0 amide bonds. The Labute approximate surface area is 152 Å². The second-order valence-corrected chi connectivity index (χ2v) is 5.56. The molecule has 0 unspecified atom stereocenters. The summed E-state index contributed by atoms with van der Waals surface area (Å²) in [6.45, 7) is 2.03. The van der Waals surface area contributed by atoms with E-state index in [-0.39, 0.29) is 0 Å². The van der Waals surface area contributed by atoms with E-state index in [0.717, 1.165) is 11.3 Å². The topological polar surface area (TPSA) is 64.1 Å². The van der Waals surface area contributed by atoms with Gasteiger partial charge in [-0.25, -0.2) is 0 Å². The second kappa shape index (κ2) is 8.89. The van der Waals surface area contributed by atoms with Crippen LogP contribution in [0.25, 0.3) is 0 Å². The normalized spacial score (nSPS) is 10.4. The molecule has 7 heteroatoms. The Morgan fingerprint density at radius 1 is 1.00 bits per heavy atom. The van der Waals surface area contributed by atoms with Crippen LogP contribution in [0.2, 0.25) is 0 Å². The predicted octanol–water partition coefficient (Wildman–Crippen LogP) is 3.34. The van der Waals surface area contributed by atoms with Gasteiger partial charge in [0.2, 0.25) is 5.75 Å². The quantitative estimate of drug-likeness (QED) is 0.469. The minimum Gasteiger partial charge on any atom is -0.493 e. The third-order valence-electron chi connectivity index (χ3n) is 3.38. The lowest BCUT2D eigenvalue weighted by Gasteiger charge is -2.12. The minimum absolute atomic E-state index is 0.396. The maximum absolute atomic E-state index is 5.31. The first kappa shape index (κ1) is 18.5. The molecular weight excluding hydrogens is 338 g/mol. The SMILES string of the molecule is COc1cc(/C=N\NC(=S)Nc2ccc(C)cc2)cc(OC)c1OC. The van der Waals surface area contributed by atoms with E-state index in [0.29, 0.717) is 22.4 Å². The zero-order chi connectivity index (χ0) is 18.2. The van der Waals surface area contributed by atoms with E-state index < -0.39 is 0 Å². The van der Waals surface area contributed by atoms with Gasteiger partial charge in [0.1, 0.15) is 0 Å². The van der Waals surface area contributed by atoms with Crippen molar-refractivity contribution in [2.24, 2.45) is 5.10 Å². The Morgan fingerprint density at radius 3 is 2.12 bits per heavy atom. The Morgan fingerprint density at radius 2 is 1.60 bits per heavy atom. The predicted molar refractivity (Wildman–Crippen MR) is 104 cm³/mol. The third kappa shape index (κ3) is 5.09. The smallest absolute Gasteiger partial charge is 0.203 e. The Hall–Kier alpha value is -2.80. The minimum atomic E-state index is 0.396. The van der Waals surface area contributed by atoms with Crippen LogP contribution in [-0.4, -0.2) is 32.7 Å². The van der Waals surface area contributed by atoms with Gasteiger partial charge in [-0.05, 0) is 43.4 Å². The van der Waals surface area contributed by atoms with Crippen LogP contribution in [0.3, 0.4) is 0 Å². The molecule has 0 heterocycles. The maximum Gasteiger partial charge on any atom is 0.203 e. The Kier molecular flexibility index (Phi) is 6.59. The van der Waals surface area contributed by atoms with E-state index in [4.69, 9.17) is 26.4 Å². The number of benzene rings is 2. The molecule has 2 aromatic rings. The largest absolute Gasteiger partial charge is 0.493 e. The lowest BCUT2D eigenvalue weighted by atomic mass is 10.2. The van der Waals surface area contributed by atoms with Crippen LogP contribution in [0.5, 0.6) is 17.2 Å². The fourth-order valence-corrected chi connectivity index (χ4v) is 2.31. The summed E-state index contributed by atoms with van der Waals surface area (Å²) in [5.41, 5.74) is 5.63. The number of aryl methyl sites for hydroxylation is 1. The molecule has 2 N–H and O–H groups in total. The number of hydrazone groups is 1. The van der Waals surface area contributed by atoms with Gasteiger partial charge in [0, 0.05) is 11.3 Å². The van der Waals surface area contributed by atoms with Crippen LogP contribution in [0.15, 0.2) is 41.5 Å². The van der Waals surface area contributed by atoms with Crippen LogP contribution in [0.4, 0.5) is 5.69 Å². The van der Waals surface area contributed by atoms with Crippen LogP contribution in [0, 0.1) is 6.92 Å². The van der Waals surface area contributed by atoms with Gasteiger partial charge in [-0.3, -0.25) is 5.43 Å². The first-order chi connectivity index (χ1) is 12.1. The van der Waals surface area contributed by atoms with Crippen LogP contribution in [-0.2, 0) is 0 Å². The molecule has 0 bridgehead atoms. The highest BCUT2D eigenvalue weighted by Gasteiger charge is 2.12. The summed E-state index contributed by atoms with van der Waals surface area (Å²) in [6, 6.07) is 11.5. The average molecular weight is 359 g/mol. The van der Waals surface area contributed by atoms with Crippen molar-refractivity contribution >= 4 is 29.2 Å². The molecule has 0 aliphatic rings. The van der Waals surface area contributed by atoms with E-state index in [1.807, 2.05) is 31.2 Å². The molecule has 0 saturated carbocycles. The maximum atomic E-state index is 5.31. The number of nitrogens with one attached hydrogen (secondary N) is 2. The van der Waals surface area contributed by atoms with E-state index in [2.05, 4.69) is 15.8 Å².